The van der Waals surface area contributed by atoms with Crippen LogP contribution in [0.1, 0.15) is 11.1 Å². The Kier molecular flexibility index (Phi) is 1.62. The highest BCUT2D eigenvalue weighted by atomic mass is 19.1. The Balaban J connectivity index is 2.34. The standard InChI is InChI=1S/C9H10FN/c10-9-5-7-3-1-2-4-8(7)6-11-9/h1-4,9,11H,5-6H2. The number of fused-ring (bicyclic) bond motifs is 1. The van der Waals surface area contributed by atoms with E-state index in [1.807, 2.05) is 24.3 Å². The van der Waals surface area contributed by atoms with Gasteiger partial charge in [0.1, 0.15) is 0 Å². The lowest BCUT2D eigenvalue weighted by Gasteiger charge is -2.19. The molecule has 0 bridgehead atoms. The number of hydrogen-bond donors (Lipinski definition) is 1. The Hall–Kier alpha value is -0.890. The van der Waals surface area contributed by atoms with E-state index in [1.165, 1.54) is 5.56 Å². The molecule has 0 aromatic heterocycles. The van der Waals surface area contributed by atoms with Crippen molar-refractivity contribution >= 4 is 0 Å². The van der Waals surface area contributed by atoms with Gasteiger partial charge in [-0.15, -0.1) is 0 Å². The van der Waals surface area contributed by atoms with E-state index in [0.29, 0.717) is 13.0 Å². The molecule has 1 heterocycles. The predicted molar refractivity (Wildman–Crippen MR) is 41.9 cm³/mol. The van der Waals surface area contributed by atoms with Crippen molar-refractivity contribution in [3.05, 3.63) is 35.4 Å². The van der Waals surface area contributed by atoms with Crippen LogP contribution in [0.15, 0.2) is 24.3 Å². The van der Waals surface area contributed by atoms with Gasteiger partial charge in [0.05, 0.1) is 0 Å². The average Bonchev–Trinajstić information content (AvgIpc) is 2.04. The first-order valence-corrected chi connectivity index (χ1v) is 3.80. The molecular formula is C9H10FN. The maximum atomic E-state index is 12.8. The van der Waals surface area contributed by atoms with Crippen LogP contribution in [0.5, 0.6) is 0 Å². The summed E-state index contributed by atoms with van der Waals surface area (Å²) in [5.74, 6) is 0. The van der Waals surface area contributed by atoms with Gasteiger partial charge in [-0.2, -0.15) is 0 Å². The van der Waals surface area contributed by atoms with Crippen LogP contribution in [-0.2, 0) is 13.0 Å². The summed E-state index contributed by atoms with van der Waals surface area (Å²) in [6, 6.07) is 7.97. The summed E-state index contributed by atoms with van der Waals surface area (Å²) in [7, 11) is 0. The normalized spacial score (nSPS) is 22.8. The van der Waals surface area contributed by atoms with Crippen LogP contribution in [0.25, 0.3) is 0 Å². The largest absolute Gasteiger partial charge is 0.283 e. The van der Waals surface area contributed by atoms with Gasteiger partial charge in [0.15, 0.2) is 6.30 Å². The van der Waals surface area contributed by atoms with Crippen LogP contribution < -0.4 is 5.32 Å². The second-order valence-corrected chi connectivity index (χ2v) is 2.82. The minimum absolute atomic E-state index is 0.510. The number of rotatable bonds is 0. The van der Waals surface area contributed by atoms with Crippen LogP contribution in [0.2, 0.25) is 0 Å². The van der Waals surface area contributed by atoms with Gasteiger partial charge in [-0.1, -0.05) is 24.3 Å². The average molecular weight is 151 g/mol. The van der Waals surface area contributed by atoms with Crippen molar-refractivity contribution in [1.82, 2.24) is 5.32 Å². The molecule has 1 aliphatic rings. The summed E-state index contributed by atoms with van der Waals surface area (Å²) < 4.78 is 12.8. The molecule has 0 spiro atoms. The first kappa shape index (κ1) is 6.80. The summed E-state index contributed by atoms with van der Waals surface area (Å²) in [6.45, 7) is 0.664. The summed E-state index contributed by atoms with van der Waals surface area (Å²) >= 11 is 0. The maximum absolute atomic E-state index is 12.8. The smallest absolute Gasteiger partial charge is 0.155 e. The zero-order valence-electron chi connectivity index (χ0n) is 6.18. The number of halogens is 1. The SMILES string of the molecule is FC1Cc2ccccc2CN1. The van der Waals surface area contributed by atoms with Gasteiger partial charge < -0.3 is 0 Å². The summed E-state index contributed by atoms with van der Waals surface area (Å²) in [6.07, 6.45) is -0.346. The third kappa shape index (κ3) is 1.26. The minimum atomic E-state index is -0.857. The fourth-order valence-corrected chi connectivity index (χ4v) is 1.42. The molecule has 1 aromatic carbocycles. The molecule has 0 saturated heterocycles. The molecule has 0 saturated carbocycles. The number of nitrogens with one attached hydrogen (secondary N) is 1. The second-order valence-electron chi connectivity index (χ2n) is 2.82. The minimum Gasteiger partial charge on any atom is -0.283 e. The first-order valence-electron chi connectivity index (χ1n) is 3.80. The Bertz CT molecular complexity index is 259. The molecule has 2 rings (SSSR count). The molecule has 1 nitrogen and oxygen atoms in total. The van der Waals surface area contributed by atoms with Gasteiger partial charge in [0.2, 0.25) is 0 Å². The fourth-order valence-electron chi connectivity index (χ4n) is 1.42. The molecule has 1 N–H and O–H groups in total. The quantitative estimate of drug-likeness (QED) is 0.556. The number of alkyl halides is 1. The van der Waals surface area contributed by atoms with Gasteiger partial charge in [-0.25, -0.2) is 4.39 Å². The van der Waals surface area contributed by atoms with Crippen molar-refractivity contribution in [2.45, 2.75) is 19.3 Å². The monoisotopic (exact) mass is 151 g/mol. The molecule has 0 aliphatic carbocycles. The molecule has 1 aliphatic heterocycles. The molecule has 58 valence electrons. The molecule has 1 aromatic rings. The van der Waals surface area contributed by atoms with Crippen LogP contribution in [0.3, 0.4) is 0 Å². The Morgan fingerprint density at radius 2 is 2.00 bits per heavy atom. The van der Waals surface area contributed by atoms with E-state index in [2.05, 4.69) is 5.32 Å². The molecule has 11 heavy (non-hydrogen) atoms. The van der Waals surface area contributed by atoms with Gasteiger partial charge in [-0.3, -0.25) is 5.32 Å². The van der Waals surface area contributed by atoms with Crippen molar-refractivity contribution < 1.29 is 4.39 Å². The van der Waals surface area contributed by atoms with Gasteiger partial charge >= 0.3 is 0 Å². The number of hydrogen-bond acceptors (Lipinski definition) is 1. The van der Waals surface area contributed by atoms with Crippen molar-refractivity contribution in [3.63, 3.8) is 0 Å². The maximum Gasteiger partial charge on any atom is 0.155 e. The first-order chi connectivity index (χ1) is 5.36. The molecule has 0 amide bonds. The van der Waals surface area contributed by atoms with Gasteiger partial charge in [0, 0.05) is 13.0 Å². The zero-order chi connectivity index (χ0) is 7.68. The summed E-state index contributed by atoms with van der Waals surface area (Å²) in [5, 5.41) is 2.77. The van der Waals surface area contributed by atoms with Crippen LogP contribution in [0.4, 0.5) is 4.39 Å². The Morgan fingerprint density at radius 3 is 2.82 bits per heavy atom. The van der Waals surface area contributed by atoms with Crippen LogP contribution in [-0.4, -0.2) is 6.30 Å². The van der Waals surface area contributed by atoms with E-state index >= 15 is 0 Å². The highest BCUT2D eigenvalue weighted by Crippen LogP contribution is 2.16. The number of benzene rings is 1. The molecule has 0 radical (unpaired) electrons. The summed E-state index contributed by atoms with van der Waals surface area (Å²) in [4.78, 5) is 0. The topological polar surface area (TPSA) is 12.0 Å². The van der Waals surface area contributed by atoms with Crippen LogP contribution in [0, 0.1) is 0 Å². The van der Waals surface area contributed by atoms with Gasteiger partial charge in [0.25, 0.3) is 0 Å². The highest BCUT2D eigenvalue weighted by Gasteiger charge is 2.15. The third-order valence-electron chi connectivity index (χ3n) is 2.03. The van der Waals surface area contributed by atoms with E-state index in [-0.39, 0.29) is 0 Å². The van der Waals surface area contributed by atoms with Gasteiger partial charge in [-0.05, 0) is 11.1 Å². The molecule has 1 unspecified atom stereocenters. The van der Waals surface area contributed by atoms with Crippen molar-refractivity contribution in [3.8, 4) is 0 Å². The zero-order valence-corrected chi connectivity index (χ0v) is 6.18. The molecular weight excluding hydrogens is 141 g/mol. The van der Waals surface area contributed by atoms with Crippen molar-refractivity contribution in [1.29, 1.82) is 0 Å². The Labute approximate surface area is 65.2 Å². The second kappa shape index (κ2) is 2.62. The fraction of sp³-hybridized carbons (Fsp3) is 0.333. The van der Waals surface area contributed by atoms with E-state index < -0.39 is 6.30 Å². The molecule has 0 fully saturated rings. The molecule has 1 atom stereocenters. The van der Waals surface area contributed by atoms with E-state index in [4.69, 9.17) is 0 Å². The van der Waals surface area contributed by atoms with Crippen LogP contribution >= 0.6 is 0 Å². The lowest BCUT2D eigenvalue weighted by molar-refractivity contribution is 0.258. The molecule has 2 heteroatoms. The third-order valence-corrected chi connectivity index (χ3v) is 2.03. The lowest BCUT2D eigenvalue weighted by Crippen LogP contribution is -2.31. The summed E-state index contributed by atoms with van der Waals surface area (Å²) in [5.41, 5.74) is 2.36. The van der Waals surface area contributed by atoms with E-state index in [0.717, 1.165) is 5.56 Å². The van der Waals surface area contributed by atoms with Crippen molar-refractivity contribution in [2.75, 3.05) is 0 Å². The predicted octanol–water partition coefficient (Wildman–Crippen LogP) is 1.63. The van der Waals surface area contributed by atoms with E-state index in [1.54, 1.807) is 0 Å². The lowest BCUT2D eigenvalue weighted by atomic mass is 10.0. The van der Waals surface area contributed by atoms with Crippen molar-refractivity contribution in [2.24, 2.45) is 0 Å². The Morgan fingerprint density at radius 1 is 1.27 bits per heavy atom. The highest BCUT2D eigenvalue weighted by molar-refractivity contribution is 5.29. The van der Waals surface area contributed by atoms with E-state index in [9.17, 15) is 4.39 Å².